The average Bonchev–Trinajstić information content (AvgIpc) is 2.42. The van der Waals surface area contributed by atoms with Gasteiger partial charge in [0.15, 0.2) is 0 Å². The number of hydrogen-bond donors (Lipinski definition) is 1. The molecule has 0 spiro atoms. The van der Waals surface area contributed by atoms with Gasteiger partial charge in [-0.25, -0.2) is 0 Å². The van der Waals surface area contributed by atoms with Gasteiger partial charge in [0.25, 0.3) is 0 Å². The third kappa shape index (κ3) is 5.97. The van der Waals surface area contributed by atoms with Gasteiger partial charge in [0.05, 0.1) is 0 Å². The Bertz CT molecular complexity index is 196. The molecular formula is C16H33NS. The van der Waals surface area contributed by atoms with E-state index in [1.54, 1.807) is 0 Å². The van der Waals surface area contributed by atoms with Crippen LogP contribution in [-0.2, 0) is 0 Å². The molecule has 3 atom stereocenters. The van der Waals surface area contributed by atoms with Crippen molar-refractivity contribution in [2.75, 3.05) is 18.1 Å². The van der Waals surface area contributed by atoms with Crippen molar-refractivity contribution < 1.29 is 0 Å². The van der Waals surface area contributed by atoms with Crippen LogP contribution in [0.25, 0.3) is 0 Å². The van der Waals surface area contributed by atoms with Crippen LogP contribution in [-0.4, -0.2) is 24.1 Å². The van der Waals surface area contributed by atoms with Crippen LogP contribution < -0.4 is 5.32 Å². The molecule has 1 rings (SSSR count). The van der Waals surface area contributed by atoms with E-state index in [-0.39, 0.29) is 0 Å². The zero-order valence-corrected chi connectivity index (χ0v) is 13.5. The van der Waals surface area contributed by atoms with Gasteiger partial charge in [0.1, 0.15) is 0 Å². The molecule has 2 heteroatoms. The van der Waals surface area contributed by atoms with E-state index in [4.69, 9.17) is 0 Å². The van der Waals surface area contributed by atoms with Crippen LogP contribution in [0.5, 0.6) is 0 Å². The predicted molar refractivity (Wildman–Crippen MR) is 85.4 cm³/mol. The molecule has 108 valence electrons. The zero-order valence-electron chi connectivity index (χ0n) is 12.7. The third-order valence-corrected chi connectivity index (χ3v) is 5.38. The molecule has 0 aromatic heterocycles. The Morgan fingerprint density at radius 3 is 2.67 bits per heavy atom. The topological polar surface area (TPSA) is 12.0 Å². The summed E-state index contributed by atoms with van der Waals surface area (Å²) in [7, 11) is 0. The Kier molecular flexibility index (Phi) is 9.22. The Morgan fingerprint density at radius 1 is 1.17 bits per heavy atom. The van der Waals surface area contributed by atoms with Crippen LogP contribution in [0.15, 0.2) is 0 Å². The van der Waals surface area contributed by atoms with E-state index < -0.39 is 0 Å². The van der Waals surface area contributed by atoms with Crippen molar-refractivity contribution >= 4 is 11.8 Å². The van der Waals surface area contributed by atoms with E-state index in [0.29, 0.717) is 0 Å². The number of hydrogen-bond acceptors (Lipinski definition) is 2. The fourth-order valence-electron chi connectivity index (χ4n) is 3.24. The molecule has 1 aliphatic carbocycles. The first kappa shape index (κ1) is 16.4. The van der Waals surface area contributed by atoms with Gasteiger partial charge in [0, 0.05) is 6.04 Å². The molecule has 1 N–H and O–H groups in total. The highest BCUT2D eigenvalue weighted by Crippen LogP contribution is 2.34. The highest BCUT2D eigenvalue weighted by atomic mass is 32.2. The summed E-state index contributed by atoms with van der Waals surface area (Å²) in [5.41, 5.74) is 0. The van der Waals surface area contributed by atoms with Crippen molar-refractivity contribution in [3.63, 3.8) is 0 Å². The van der Waals surface area contributed by atoms with Crippen molar-refractivity contribution in [1.82, 2.24) is 5.32 Å². The van der Waals surface area contributed by atoms with E-state index in [1.165, 1.54) is 63.0 Å². The van der Waals surface area contributed by atoms with Crippen LogP contribution in [0.4, 0.5) is 0 Å². The molecule has 18 heavy (non-hydrogen) atoms. The third-order valence-electron chi connectivity index (χ3n) is 4.39. The van der Waals surface area contributed by atoms with Gasteiger partial charge in [0.2, 0.25) is 0 Å². The van der Waals surface area contributed by atoms with Crippen molar-refractivity contribution in [3.8, 4) is 0 Å². The fourth-order valence-corrected chi connectivity index (χ4v) is 3.90. The van der Waals surface area contributed by atoms with Crippen LogP contribution in [0, 0.1) is 11.8 Å². The zero-order chi connectivity index (χ0) is 13.2. The lowest BCUT2D eigenvalue weighted by Gasteiger charge is -2.36. The first-order chi connectivity index (χ1) is 8.81. The van der Waals surface area contributed by atoms with Crippen molar-refractivity contribution in [1.29, 1.82) is 0 Å². The summed E-state index contributed by atoms with van der Waals surface area (Å²) in [5.74, 6) is 4.60. The maximum absolute atomic E-state index is 3.80. The van der Waals surface area contributed by atoms with Gasteiger partial charge in [-0.2, -0.15) is 11.8 Å². The molecule has 0 amide bonds. The van der Waals surface area contributed by atoms with Crippen molar-refractivity contribution in [3.05, 3.63) is 0 Å². The van der Waals surface area contributed by atoms with Gasteiger partial charge in [-0.1, -0.05) is 27.2 Å². The van der Waals surface area contributed by atoms with Gasteiger partial charge in [-0.05, 0) is 68.4 Å². The Balaban J connectivity index is 2.33. The van der Waals surface area contributed by atoms with E-state index in [0.717, 1.165) is 17.9 Å². The summed E-state index contributed by atoms with van der Waals surface area (Å²) >= 11 is 2.10. The molecule has 1 aliphatic rings. The first-order valence-electron chi connectivity index (χ1n) is 8.12. The second-order valence-electron chi connectivity index (χ2n) is 5.75. The minimum Gasteiger partial charge on any atom is -0.314 e. The van der Waals surface area contributed by atoms with Gasteiger partial charge < -0.3 is 5.32 Å². The average molecular weight is 272 g/mol. The smallest absolute Gasteiger partial charge is 0.00955 e. The normalized spacial score (nSPS) is 28.5. The predicted octanol–water partition coefficient (Wildman–Crippen LogP) is 4.71. The molecule has 1 fully saturated rings. The lowest BCUT2D eigenvalue weighted by molar-refractivity contribution is 0.189. The lowest BCUT2D eigenvalue weighted by atomic mass is 9.75. The molecule has 0 aromatic rings. The Labute approximate surface area is 119 Å². The van der Waals surface area contributed by atoms with Crippen LogP contribution >= 0.6 is 11.8 Å². The largest absolute Gasteiger partial charge is 0.314 e. The molecule has 0 bridgehead atoms. The number of thioether (sulfide) groups is 1. The molecule has 1 saturated carbocycles. The molecule has 0 aromatic carbocycles. The summed E-state index contributed by atoms with van der Waals surface area (Å²) in [5, 5.41) is 3.80. The quantitative estimate of drug-likeness (QED) is 0.609. The Morgan fingerprint density at radius 2 is 2.00 bits per heavy atom. The van der Waals surface area contributed by atoms with Crippen molar-refractivity contribution in [2.24, 2.45) is 11.8 Å². The molecule has 1 nitrogen and oxygen atoms in total. The van der Waals surface area contributed by atoms with Crippen LogP contribution in [0.2, 0.25) is 0 Å². The minimum absolute atomic E-state index is 0.819. The molecule has 0 saturated heterocycles. The molecule has 0 aliphatic heterocycles. The molecular weight excluding hydrogens is 238 g/mol. The van der Waals surface area contributed by atoms with E-state index in [1.807, 2.05) is 0 Å². The monoisotopic (exact) mass is 271 g/mol. The highest BCUT2D eigenvalue weighted by Gasteiger charge is 2.28. The lowest BCUT2D eigenvalue weighted by Crippen LogP contribution is -2.41. The second-order valence-corrected chi connectivity index (χ2v) is 7.14. The molecule has 0 heterocycles. The SMILES string of the molecule is CCCNC1CCC(CC)CC1CCCSCC. The molecule has 3 unspecified atom stereocenters. The standard InChI is InChI=1S/C16H33NS/c1-4-11-17-16-10-9-14(5-2)13-15(16)8-7-12-18-6-3/h14-17H,4-13H2,1-3H3. The maximum Gasteiger partial charge on any atom is 0.00955 e. The first-order valence-corrected chi connectivity index (χ1v) is 9.28. The Hall–Kier alpha value is 0.310. The number of nitrogens with one attached hydrogen (secondary N) is 1. The van der Waals surface area contributed by atoms with E-state index >= 15 is 0 Å². The minimum atomic E-state index is 0.819. The van der Waals surface area contributed by atoms with Gasteiger partial charge in [-0.3, -0.25) is 0 Å². The summed E-state index contributed by atoms with van der Waals surface area (Å²) < 4.78 is 0. The van der Waals surface area contributed by atoms with Gasteiger partial charge >= 0.3 is 0 Å². The summed E-state index contributed by atoms with van der Waals surface area (Å²) in [4.78, 5) is 0. The second kappa shape index (κ2) is 10.1. The summed E-state index contributed by atoms with van der Waals surface area (Å²) in [6, 6.07) is 0.819. The maximum atomic E-state index is 3.80. The highest BCUT2D eigenvalue weighted by molar-refractivity contribution is 7.99. The summed E-state index contributed by atoms with van der Waals surface area (Å²) in [6.45, 7) is 8.12. The van der Waals surface area contributed by atoms with Crippen molar-refractivity contribution in [2.45, 2.75) is 71.8 Å². The van der Waals surface area contributed by atoms with E-state index in [2.05, 4.69) is 37.8 Å². The van der Waals surface area contributed by atoms with Crippen LogP contribution in [0.3, 0.4) is 0 Å². The number of rotatable bonds is 9. The summed E-state index contributed by atoms with van der Waals surface area (Å²) in [6.07, 6.45) is 9.89. The fraction of sp³-hybridized carbons (Fsp3) is 1.00. The molecule has 0 radical (unpaired) electrons. The van der Waals surface area contributed by atoms with Gasteiger partial charge in [-0.15, -0.1) is 0 Å². The van der Waals surface area contributed by atoms with E-state index in [9.17, 15) is 0 Å². The van der Waals surface area contributed by atoms with Crippen LogP contribution in [0.1, 0.15) is 65.7 Å².